The zero-order valence-electron chi connectivity index (χ0n) is 12.4. The Morgan fingerprint density at radius 2 is 2.10 bits per heavy atom. The molecule has 4 nitrogen and oxygen atoms in total. The van der Waals surface area contributed by atoms with E-state index in [-0.39, 0.29) is 6.42 Å². The van der Waals surface area contributed by atoms with Gasteiger partial charge in [-0.25, -0.2) is 0 Å². The predicted octanol–water partition coefficient (Wildman–Crippen LogP) is 1.84. The lowest BCUT2D eigenvalue weighted by Gasteiger charge is -2.26. The molecule has 0 amide bonds. The van der Waals surface area contributed by atoms with Crippen molar-refractivity contribution in [3.05, 3.63) is 35.4 Å². The number of likely N-dealkylation sites (N-methyl/N-ethyl adjacent to an activating group) is 2. The van der Waals surface area contributed by atoms with Crippen molar-refractivity contribution in [2.24, 2.45) is 0 Å². The molecule has 1 fully saturated rings. The van der Waals surface area contributed by atoms with Crippen LogP contribution in [-0.2, 0) is 17.8 Å². The molecule has 4 heteroatoms. The van der Waals surface area contributed by atoms with Crippen molar-refractivity contribution in [3.8, 4) is 0 Å². The minimum Gasteiger partial charge on any atom is -0.481 e. The van der Waals surface area contributed by atoms with Gasteiger partial charge in [-0.2, -0.15) is 0 Å². The number of benzene rings is 1. The average Bonchev–Trinajstić information content (AvgIpc) is 2.77. The van der Waals surface area contributed by atoms with Crippen molar-refractivity contribution in [1.29, 1.82) is 0 Å². The minimum absolute atomic E-state index is 0.105. The van der Waals surface area contributed by atoms with E-state index < -0.39 is 5.97 Å². The van der Waals surface area contributed by atoms with E-state index in [1.165, 1.54) is 19.4 Å². The standard InChI is InChI=1S/C16H24N2O2/c1-17(12-15-8-5-9-18(15)2)11-14-7-4-3-6-13(14)10-16(19)20/h3-4,6-7,15H,5,8-12H2,1-2H3,(H,19,20). The molecule has 1 aliphatic heterocycles. The summed E-state index contributed by atoms with van der Waals surface area (Å²) in [4.78, 5) is 15.6. The maximum Gasteiger partial charge on any atom is 0.307 e. The van der Waals surface area contributed by atoms with Crippen LogP contribution in [0.4, 0.5) is 0 Å². The highest BCUT2D eigenvalue weighted by Crippen LogP contribution is 2.17. The SMILES string of the molecule is CN(Cc1ccccc1CC(=O)O)CC1CCCN1C. The summed E-state index contributed by atoms with van der Waals surface area (Å²) in [7, 11) is 4.30. The first-order valence-corrected chi connectivity index (χ1v) is 7.23. The molecular formula is C16H24N2O2. The molecule has 1 aliphatic rings. The summed E-state index contributed by atoms with van der Waals surface area (Å²) in [6.45, 7) is 3.04. The summed E-state index contributed by atoms with van der Waals surface area (Å²) in [6.07, 6.45) is 2.65. The average molecular weight is 276 g/mol. The van der Waals surface area contributed by atoms with Gasteiger partial charge in [0.2, 0.25) is 0 Å². The van der Waals surface area contributed by atoms with E-state index in [4.69, 9.17) is 5.11 Å². The Hall–Kier alpha value is -1.39. The van der Waals surface area contributed by atoms with Crippen LogP contribution in [-0.4, -0.2) is 54.1 Å². The number of carboxylic acid groups (broad SMARTS) is 1. The first kappa shape index (κ1) is 15.0. The van der Waals surface area contributed by atoms with Gasteiger partial charge in [0.05, 0.1) is 6.42 Å². The lowest BCUT2D eigenvalue weighted by atomic mass is 10.0. The van der Waals surface area contributed by atoms with Gasteiger partial charge in [-0.05, 0) is 44.6 Å². The van der Waals surface area contributed by atoms with Gasteiger partial charge in [-0.1, -0.05) is 24.3 Å². The van der Waals surface area contributed by atoms with E-state index >= 15 is 0 Å². The van der Waals surface area contributed by atoms with Gasteiger partial charge in [0.15, 0.2) is 0 Å². The molecule has 1 N–H and O–H groups in total. The zero-order chi connectivity index (χ0) is 14.5. The largest absolute Gasteiger partial charge is 0.481 e. The van der Waals surface area contributed by atoms with E-state index in [0.29, 0.717) is 6.04 Å². The predicted molar refractivity (Wildman–Crippen MR) is 79.8 cm³/mol. The molecule has 1 heterocycles. The van der Waals surface area contributed by atoms with Crippen molar-refractivity contribution in [1.82, 2.24) is 9.80 Å². The molecule has 2 rings (SSSR count). The topological polar surface area (TPSA) is 43.8 Å². The molecule has 0 radical (unpaired) electrons. The molecule has 0 aromatic heterocycles. The zero-order valence-corrected chi connectivity index (χ0v) is 12.4. The van der Waals surface area contributed by atoms with Gasteiger partial charge in [0.25, 0.3) is 0 Å². The fourth-order valence-corrected chi connectivity index (χ4v) is 2.97. The van der Waals surface area contributed by atoms with Crippen LogP contribution in [0.3, 0.4) is 0 Å². The van der Waals surface area contributed by atoms with Gasteiger partial charge in [0.1, 0.15) is 0 Å². The van der Waals surface area contributed by atoms with E-state index in [2.05, 4.69) is 23.9 Å². The highest BCUT2D eigenvalue weighted by Gasteiger charge is 2.22. The third-order valence-electron chi connectivity index (χ3n) is 4.09. The quantitative estimate of drug-likeness (QED) is 0.861. The highest BCUT2D eigenvalue weighted by molar-refractivity contribution is 5.70. The molecular weight excluding hydrogens is 252 g/mol. The number of likely N-dealkylation sites (tertiary alicyclic amines) is 1. The third kappa shape index (κ3) is 4.05. The number of carboxylic acids is 1. The Kier molecular flexibility index (Phi) is 5.15. The summed E-state index contributed by atoms with van der Waals surface area (Å²) in [5.41, 5.74) is 2.05. The molecule has 1 saturated heterocycles. The van der Waals surface area contributed by atoms with Crippen molar-refractivity contribution in [2.45, 2.75) is 31.8 Å². The van der Waals surface area contributed by atoms with Gasteiger partial charge in [0, 0.05) is 19.1 Å². The molecule has 110 valence electrons. The normalized spacial score (nSPS) is 19.6. The van der Waals surface area contributed by atoms with Crippen LogP contribution in [0.2, 0.25) is 0 Å². The van der Waals surface area contributed by atoms with Gasteiger partial charge in [-0.3, -0.25) is 4.79 Å². The number of rotatable bonds is 6. The first-order valence-electron chi connectivity index (χ1n) is 7.23. The third-order valence-corrected chi connectivity index (χ3v) is 4.09. The van der Waals surface area contributed by atoms with Crippen molar-refractivity contribution >= 4 is 5.97 Å². The molecule has 20 heavy (non-hydrogen) atoms. The number of carbonyl (C=O) groups is 1. The van der Waals surface area contributed by atoms with Crippen LogP contribution in [0.5, 0.6) is 0 Å². The molecule has 1 atom stereocenters. The number of aliphatic carboxylic acids is 1. The van der Waals surface area contributed by atoms with E-state index in [0.717, 1.165) is 24.2 Å². The molecule has 0 saturated carbocycles. The second-order valence-corrected chi connectivity index (χ2v) is 5.81. The molecule has 1 aromatic rings. The van der Waals surface area contributed by atoms with E-state index in [1.807, 2.05) is 24.3 Å². The Balaban J connectivity index is 1.96. The molecule has 0 spiro atoms. The number of hydrogen-bond donors (Lipinski definition) is 1. The summed E-state index contributed by atoms with van der Waals surface area (Å²) >= 11 is 0. The minimum atomic E-state index is -0.768. The Labute approximate surface area is 121 Å². The Morgan fingerprint density at radius 1 is 1.40 bits per heavy atom. The van der Waals surface area contributed by atoms with Crippen LogP contribution in [0.25, 0.3) is 0 Å². The monoisotopic (exact) mass is 276 g/mol. The van der Waals surface area contributed by atoms with Crippen molar-refractivity contribution in [3.63, 3.8) is 0 Å². The van der Waals surface area contributed by atoms with Crippen LogP contribution in [0.1, 0.15) is 24.0 Å². The second-order valence-electron chi connectivity index (χ2n) is 5.81. The summed E-state index contributed by atoms with van der Waals surface area (Å²) in [5.74, 6) is -0.768. The Bertz CT molecular complexity index is 462. The molecule has 1 unspecified atom stereocenters. The highest BCUT2D eigenvalue weighted by atomic mass is 16.4. The van der Waals surface area contributed by atoms with Gasteiger partial charge in [-0.15, -0.1) is 0 Å². The number of nitrogens with zero attached hydrogens (tertiary/aromatic N) is 2. The summed E-state index contributed by atoms with van der Waals surface area (Å²) in [5, 5.41) is 8.97. The fourth-order valence-electron chi connectivity index (χ4n) is 2.97. The lowest BCUT2D eigenvalue weighted by molar-refractivity contribution is -0.136. The maximum absolute atomic E-state index is 10.9. The maximum atomic E-state index is 10.9. The van der Waals surface area contributed by atoms with Gasteiger partial charge >= 0.3 is 5.97 Å². The lowest BCUT2D eigenvalue weighted by Crippen LogP contribution is -2.36. The van der Waals surface area contributed by atoms with Gasteiger partial charge < -0.3 is 14.9 Å². The van der Waals surface area contributed by atoms with Crippen molar-refractivity contribution < 1.29 is 9.90 Å². The first-order chi connectivity index (χ1) is 9.56. The van der Waals surface area contributed by atoms with E-state index in [1.54, 1.807) is 0 Å². The fraction of sp³-hybridized carbons (Fsp3) is 0.562. The second kappa shape index (κ2) is 6.86. The van der Waals surface area contributed by atoms with Crippen LogP contribution < -0.4 is 0 Å². The Morgan fingerprint density at radius 3 is 2.70 bits per heavy atom. The molecule has 0 bridgehead atoms. The summed E-state index contributed by atoms with van der Waals surface area (Å²) in [6, 6.07) is 8.47. The van der Waals surface area contributed by atoms with E-state index in [9.17, 15) is 4.79 Å². The summed E-state index contributed by atoms with van der Waals surface area (Å²) < 4.78 is 0. The van der Waals surface area contributed by atoms with Crippen molar-refractivity contribution in [2.75, 3.05) is 27.2 Å². The smallest absolute Gasteiger partial charge is 0.307 e. The van der Waals surface area contributed by atoms with Crippen LogP contribution in [0, 0.1) is 0 Å². The molecule has 1 aromatic carbocycles. The number of hydrogen-bond acceptors (Lipinski definition) is 3. The molecule has 0 aliphatic carbocycles. The van der Waals surface area contributed by atoms with Crippen LogP contribution in [0.15, 0.2) is 24.3 Å². The van der Waals surface area contributed by atoms with Crippen LogP contribution >= 0.6 is 0 Å².